The van der Waals surface area contributed by atoms with E-state index in [1.165, 1.54) is 0 Å². The molecular formula is C10H19BrN4O. The summed E-state index contributed by atoms with van der Waals surface area (Å²) < 4.78 is 8.01. The van der Waals surface area contributed by atoms with Gasteiger partial charge in [-0.3, -0.25) is 16.0 Å². The fraction of sp³-hybridized carbons (Fsp3) is 0.700. The van der Waals surface area contributed by atoms with Crippen molar-refractivity contribution in [3.8, 4) is 0 Å². The molecule has 0 saturated carbocycles. The van der Waals surface area contributed by atoms with E-state index in [-0.39, 0.29) is 6.04 Å². The van der Waals surface area contributed by atoms with Crippen molar-refractivity contribution in [3.05, 3.63) is 16.4 Å². The standard InChI is InChI=1S/C10H19BrN4O/c1-7(2)15-10(8(11)6-13-15)9(14-12)4-5-16-3/h6-7,9,14H,4-5,12H2,1-3H3. The molecule has 6 heteroatoms. The summed E-state index contributed by atoms with van der Waals surface area (Å²) in [4.78, 5) is 0. The van der Waals surface area contributed by atoms with Crippen LogP contribution in [0, 0.1) is 0 Å². The average molecular weight is 291 g/mol. The second-order valence-corrected chi connectivity index (χ2v) is 4.77. The molecule has 0 spiro atoms. The number of nitrogens with zero attached hydrogens (tertiary/aromatic N) is 2. The summed E-state index contributed by atoms with van der Waals surface area (Å²) in [5.74, 6) is 5.58. The van der Waals surface area contributed by atoms with Crippen LogP contribution in [0.4, 0.5) is 0 Å². The second kappa shape index (κ2) is 6.34. The van der Waals surface area contributed by atoms with Crippen LogP contribution < -0.4 is 11.3 Å². The lowest BCUT2D eigenvalue weighted by Crippen LogP contribution is -2.31. The first-order valence-electron chi connectivity index (χ1n) is 5.29. The molecule has 3 N–H and O–H groups in total. The third-order valence-corrected chi connectivity index (χ3v) is 3.03. The zero-order valence-corrected chi connectivity index (χ0v) is 11.5. The first-order chi connectivity index (χ1) is 7.61. The Balaban J connectivity index is 2.93. The van der Waals surface area contributed by atoms with Gasteiger partial charge in [-0.2, -0.15) is 5.10 Å². The molecule has 1 heterocycles. The Labute approximate surface area is 104 Å². The summed E-state index contributed by atoms with van der Waals surface area (Å²) in [5.41, 5.74) is 3.87. The van der Waals surface area contributed by atoms with Crippen LogP contribution in [0.25, 0.3) is 0 Å². The largest absolute Gasteiger partial charge is 0.385 e. The number of hydrogen-bond donors (Lipinski definition) is 2. The molecule has 0 amide bonds. The minimum absolute atomic E-state index is 0.0409. The molecule has 1 atom stereocenters. The number of nitrogens with two attached hydrogens (primary N) is 1. The van der Waals surface area contributed by atoms with Crippen LogP contribution in [0.1, 0.15) is 38.0 Å². The summed E-state index contributed by atoms with van der Waals surface area (Å²) in [7, 11) is 1.68. The molecule has 0 aliphatic carbocycles. The van der Waals surface area contributed by atoms with Gasteiger partial charge in [0.05, 0.1) is 22.4 Å². The average Bonchev–Trinajstić information content (AvgIpc) is 2.62. The van der Waals surface area contributed by atoms with Gasteiger partial charge in [-0.05, 0) is 36.2 Å². The van der Waals surface area contributed by atoms with Crippen molar-refractivity contribution in [2.24, 2.45) is 5.84 Å². The molecule has 1 unspecified atom stereocenters. The Morgan fingerprint density at radius 1 is 1.62 bits per heavy atom. The van der Waals surface area contributed by atoms with Crippen molar-refractivity contribution in [2.75, 3.05) is 13.7 Å². The van der Waals surface area contributed by atoms with Crippen molar-refractivity contribution < 1.29 is 4.74 Å². The number of hydrogen-bond acceptors (Lipinski definition) is 4. The normalized spacial score (nSPS) is 13.4. The van der Waals surface area contributed by atoms with Crippen molar-refractivity contribution in [3.63, 3.8) is 0 Å². The Morgan fingerprint density at radius 3 is 2.81 bits per heavy atom. The van der Waals surface area contributed by atoms with E-state index in [2.05, 4.69) is 40.3 Å². The summed E-state index contributed by atoms with van der Waals surface area (Å²) in [6.45, 7) is 4.84. The zero-order valence-electron chi connectivity index (χ0n) is 9.90. The van der Waals surface area contributed by atoms with Gasteiger partial charge < -0.3 is 4.74 Å². The number of nitrogens with one attached hydrogen (secondary N) is 1. The van der Waals surface area contributed by atoms with E-state index in [9.17, 15) is 0 Å². The number of hydrazine groups is 1. The summed E-state index contributed by atoms with van der Waals surface area (Å²) in [6.07, 6.45) is 2.61. The van der Waals surface area contributed by atoms with Gasteiger partial charge in [-0.15, -0.1) is 0 Å². The Kier molecular flexibility index (Phi) is 5.40. The molecule has 1 aromatic rings. The fourth-order valence-corrected chi connectivity index (χ4v) is 2.17. The molecule has 0 aliphatic rings. The quantitative estimate of drug-likeness (QED) is 0.619. The first-order valence-corrected chi connectivity index (χ1v) is 6.09. The van der Waals surface area contributed by atoms with E-state index in [4.69, 9.17) is 10.6 Å². The number of rotatable bonds is 6. The lowest BCUT2D eigenvalue weighted by Gasteiger charge is -2.20. The van der Waals surface area contributed by atoms with Crippen LogP contribution in [-0.2, 0) is 4.74 Å². The van der Waals surface area contributed by atoms with Gasteiger partial charge >= 0.3 is 0 Å². The first kappa shape index (κ1) is 13.6. The Morgan fingerprint density at radius 2 is 2.31 bits per heavy atom. The highest BCUT2D eigenvalue weighted by Gasteiger charge is 2.20. The van der Waals surface area contributed by atoms with Crippen LogP contribution in [-0.4, -0.2) is 23.5 Å². The van der Waals surface area contributed by atoms with Gasteiger partial charge in [0.25, 0.3) is 0 Å². The van der Waals surface area contributed by atoms with E-state index in [0.717, 1.165) is 16.6 Å². The predicted octanol–water partition coefficient (Wildman–Crippen LogP) is 1.77. The number of halogens is 1. The third kappa shape index (κ3) is 3.04. The highest BCUT2D eigenvalue weighted by Crippen LogP contribution is 2.27. The van der Waals surface area contributed by atoms with Crippen molar-refractivity contribution in [2.45, 2.75) is 32.4 Å². The van der Waals surface area contributed by atoms with Crippen molar-refractivity contribution >= 4 is 15.9 Å². The molecule has 5 nitrogen and oxygen atoms in total. The minimum atomic E-state index is 0.0409. The maximum Gasteiger partial charge on any atom is 0.0713 e. The molecule has 1 aromatic heterocycles. The van der Waals surface area contributed by atoms with Crippen molar-refractivity contribution in [1.29, 1.82) is 0 Å². The summed E-state index contributed by atoms with van der Waals surface area (Å²) >= 11 is 3.50. The van der Waals surface area contributed by atoms with Crippen LogP contribution in [0.5, 0.6) is 0 Å². The number of methoxy groups -OCH3 is 1. The van der Waals surface area contributed by atoms with E-state index in [1.54, 1.807) is 13.3 Å². The highest BCUT2D eigenvalue weighted by molar-refractivity contribution is 9.10. The second-order valence-electron chi connectivity index (χ2n) is 3.92. The minimum Gasteiger partial charge on any atom is -0.385 e. The van der Waals surface area contributed by atoms with Crippen LogP contribution >= 0.6 is 15.9 Å². The highest BCUT2D eigenvalue weighted by atomic mass is 79.9. The molecule has 0 fully saturated rings. The topological polar surface area (TPSA) is 65.1 Å². The molecular weight excluding hydrogens is 272 g/mol. The van der Waals surface area contributed by atoms with E-state index in [0.29, 0.717) is 12.6 Å². The maximum atomic E-state index is 5.58. The van der Waals surface area contributed by atoms with Gasteiger partial charge in [-0.25, -0.2) is 0 Å². The molecule has 16 heavy (non-hydrogen) atoms. The molecule has 0 saturated heterocycles. The van der Waals surface area contributed by atoms with Gasteiger partial charge in [0, 0.05) is 19.8 Å². The molecule has 0 radical (unpaired) electrons. The summed E-state index contributed by atoms with van der Waals surface area (Å²) in [5, 5.41) is 4.33. The van der Waals surface area contributed by atoms with E-state index in [1.807, 2.05) is 4.68 Å². The van der Waals surface area contributed by atoms with Gasteiger partial charge in [-0.1, -0.05) is 0 Å². The maximum absolute atomic E-state index is 5.58. The number of aromatic nitrogens is 2. The lowest BCUT2D eigenvalue weighted by atomic mass is 10.1. The molecule has 0 aromatic carbocycles. The Bertz CT molecular complexity index is 327. The molecule has 1 rings (SSSR count). The summed E-state index contributed by atoms with van der Waals surface area (Å²) in [6, 6.07) is 0.346. The number of ether oxygens (including phenoxy) is 1. The van der Waals surface area contributed by atoms with Gasteiger partial charge in [0.15, 0.2) is 0 Å². The SMILES string of the molecule is COCCC(NN)c1c(Br)cnn1C(C)C. The molecule has 92 valence electrons. The smallest absolute Gasteiger partial charge is 0.0713 e. The third-order valence-electron chi connectivity index (χ3n) is 2.42. The Hall–Kier alpha value is -0.430. The molecule has 0 bridgehead atoms. The van der Waals surface area contributed by atoms with Crippen LogP contribution in [0.15, 0.2) is 10.7 Å². The lowest BCUT2D eigenvalue weighted by molar-refractivity contribution is 0.181. The molecule has 0 aliphatic heterocycles. The van der Waals surface area contributed by atoms with Crippen LogP contribution in [0.2, 0.25) is 0 Å². The van der Waals surface area contributed by atoms with Crippen LogP contribution in [0.3, 0.4) is 0 Å². The van der Waals surface area contributed by atoms with E-state index >= 15 is 0 Å². The zero-order chi connectivity index (χ0) is 12.1. The van der Waals surface area contributed by atoms with Gasteiger partial charge in [0.2, 0.25) is 0 Å². The monoisotopic (exact) mass is 290 g/mol. The predicted molar refractivity (Wildman–Crippen MR) is 66.9 cm³/mol. The van der Waals surface area contributed by atoms with Crippen molar-refractivity contribution in [1.82, 2.24) is 15.2 Å². The fourth-order valence-electron chi connectivity index (χ4n) is 1.62. The van der Waals surface area contributed by atoms with Gasteiger partial charge in [0.1, 0.15) is 0 Å². The van der Waals surface area contributed by atoms with E-state index < -0.39 is 0 Å².